The molecule has 2 nitrogen and oxygen atoms in total. The lowest BCUT2D eigenvalue weighted by Gasteiger charge is -2.00. The number of nitrogens with one attached hydrogen (secondary N) is 1. The summed E-state index contributed by atoms with van der Waals surface area (Å²) in [5.74, 6) is 0.350. The second-order valence-corrected chi connectivity index (χ2v) is 1.46. The highest BCUT2D eigenvalue weighted by molar-refractivity contribution is 5.72. The van der Waals surface area contributed by atoms with Gasteiger partial charge in [0.1, 0.15) is 0 Å². The number of ether oxygens (including phenoxy) is 1. The smallest absolute Gasteiger partial charge is 0.180 e. The minimum Gasteiger partial charge on any atom is -0.481 e. The average Bonchev–Trinajstić information content (AvgIpc) is 1.68. The average molecular weight is 114 g/mol. The van der Waals surface area contributed by atoms with E-state index in [0.29, 0.717) is 18.9 Å². The van der Waals surface area contributed by atoms with Gasteiger partial charge in [-0.15, -0.1) is 0 Å². The van der Waals surface area contributed by atoms with Gasteiger partial charge in [0.05, 0.1) is 6.61 Å². The normalized spacial score (nSPS) is 8.75. The van der Waals surface area contributed by atoms with E-state index in [1.54, 1.807) is 0 Å². The molecule has 0 fully saturated rings. The first-order valence-corrected chi connectivity index (χ1v) is 2.80. The molecular formula is C6H12NO. The molecule has 1 N–H and O–H groups in total. The first-order chi connectivity index (χ1) is 3.81. The molecule has 0 aliphatic heterocycles. The Bertz CT molecular complexity index is 62.9. The summed E-state index contributed by atoms with van der Waals surface area (Å²) in [6.07, 6.45) is 1.41. The molecule has 2 heteroatoms. The van der Waals surface area contributed by atoms with E-state index >= 15 is 0 Å². The topological polar surface area (TPSA) is 33.1 Å². The molecule has 8 heavy (non-hydrogen) atoms. The van der Waals surface area contributed by atoms with Crippen LogP contribution in [0.4, 0.5) is 0 Å². The van der Waals surface area contributed by atoms with Crippen molar-refractivity contribution in [2.45, 2.75) is 19.8 Å². The molecular weight excluding hydrogens is 102 g/mol. The van der Waals surface area contributed by atoms with E-state index in [4.69, 9.17) is 10.1 Å². The van der Waals surface area contributed by atoms with Crippen molar-refractivity contribution in [2.24, 2.45) is 0 Å². The molecule has 0 aliphatic rings. The van der Waals surface area contributed by atoms with Gasteiger partial charge in [-0.2, -0.15) is 0 Å². The first-order valence-electron chi connectivity index (χ1n) is 2.80. The summed E-state index contributed by atoms with van der Waals surface area (Å²) < 4.78 is 4.83. The summed E-state index contributed by atoms with van der Waals surface area (Å²) in [4.78, 5) is 0. The molecule has 0 aliphatic carbocycles. The fraction of sp³-hybridized carbons (Fsp3) is 0.667. The van der Waals surface area contributed by atoms with E-state index in [1.165, 1.54) is 0 Å². The van der Waals surface area contributed by atoms with Crippen molar-refractivity contribution in [3.8, 4) is 0 Å². The Morgan fingerprint density at radius 1 is 1.75 bits per heavy atom. The third-order valence-corrected chi connectivity index (χ3v) is 0.722. The molecule has 47 valence electrons. The van der Waals surface area contributed by atoms with Crippen molar-refractivity contribution < 1.29 is 4.74 Å². The monoisotopic (exact) mass is 114 g/mol. The van der Waals surface area contributed by atoms with E-state index in [-0.39, 0.29) is 0 Å². The minimum atomic E-state index is 0.350. The summed E-state index contributed by atoms with van der Waals surface area (Å²) in [5, 5.41) is 7.03. The summed E-state index contributed by atoms with van der Waals surface area (Å²) in [7, 11) is 0. The number of rotatable bonds is 3. The van der Waals surface area contributed by atoms with Crippen LogP contribution >= 0.6 is 0 Å². The molecule has 0 bridgehead atoms. The second kappa shape index (κ2) is 4.62. The Labute approximate surface area is 50.4 Å². The van der Waals surface area contributed by atoms with Crippen molar-refractivity contribution in [3.63, 3.8) is 0 Å². The maximum absolute atomic E-state index is 7.03. The van der Waals surface area contributed by atoms with E-state index in [9.17, 15) is 0 Å². The SMILES string of the molecule is [CH2]CCC(=N)OCC. The Balaban J connectivity index is 3.06. The lowest BCUT2D eigenvalue weighted by molar-refractivity contribution is 0.314. The summed E-state index contributed by atoms with van der Waals surface area (Å²) >= 11 is 0. The Morgan fingerprint density at radius 2 is 2.38 bits per heavy atom. The fourth-order valence-corrected chi connectivity index (χ4v) is 0.407. The van der Waals surface area contributed by atoms with Gasteiger partial charge in [0.25, 0.3) is 0 Å². The molecule has 0 saturated heterocycles. The Morgan fingerprint density at radius 3 is 2.75 bits per heavy atom. The number of hydrogen-bond acceptors (Lipinski definition) is 2. The fourth-order valence-electron chi connectivity index (χ4n) is 0.407. The molecule has 0 heterocycles. The second-order valence-electron chi connectivity index (χ2n) is 1.46. The van der Waals surface area contributed by atoms with Gasteiger partial charge in [0, 0.05) is 6.42 Å². The molecule has 0 aromatic carbocycles. The predicted octanol–water partition coefficient (Wildman–Crippen LogP) is 1.61. The van der Waals surface area contributed by atoms with Crippen LogP contribution < -0.4 is 0 Å². The lowest BCUT2D eigenvalue weighted by Crippen LogP contribution is -2.00. The molecule has 0 spiro atoms. The zero-order valence-electron chi connectivity index (χ0n) is 5.24. The van der Waals surface area contributed by atoms with Crippen molar-refractivity contribution in [1.82, 2.24) is 0 Å². The third-order valence-electron chi connectivity index (χ3n) is 0.722. The molecule has 0 amide bonds. The van der Waals surface area contributed by atoms with Crippen molar-refractivity contribution in [3.05, 3.63) is 6.92 Å². The van der Waals surface area contributed by atoms with Gasteiger partial charge in [-0.1, -0.05) is 6.92 Å². The van der Waals surface area contributed by atoms with Gasteiger partial charge in [-0.3, -0.25) is 5.41 Å². The number of hydrogen-bond donors (Lipinski definition) is 1. The van der Waals surface area contributed by atoms with E-state index < -0.39 is 0 Å². The van der Waals surface area contributed by atoms with Gasteiger partial charge in [-0.25, -0.2) is 0 Å². The van der Waals surface area contributed by atoms with Crippen molar-refractivity contribution >= 4 is 5.90 Å². The summed E-state index contributed by atoms with van der Waals surface area (Å²) in [5.41, 5.74) is 0. The Hall–Kier alpha value is -0.530. The molecule has 0 saturated carbocycles. The molecule has 0 aromatic rings. The molecule has 0 unspecified atom stereocenters. The van der Waals surface area contributed by atoms with Crippen LogP contribution in [-0.2, 0) is 4.74 Å². The first kappa shape index (κ1) is 7.47. The maximum atomic E-state index is 7.03. The highest BCUT2D eigenvalue weighted by atomic mass is 16.5. The van der Waals surface area contributed by atoms with Crippen LogP contribution in [0.3, 0.4) is 0 Å². The van der Waals surface area contributed by atoms with Crippen molar-refractivity contribution in [2.75, 3.05) is 6.61 Å². The van der Waals surface area contributed by atoms with Gasteiger partial charge in [0.2, 0.25) is 0 Å². The van der Waals surface area contributed by atoms with Crippen LogP contribution in [0.15, 0.2) is 0 Å². The van der Waals surface area contributed by atoms with E-state index in [1.807, 2.05) is 6.92 Å². The van der Waals surface area contributed by atoms with Crippen LogP contribution in [0.5, 0.6) is 0 Å². The molecule has 0 atom stereocenters. The highest BCUT2D eigenvalue weighted by Crippen LogP contribution is 1.89. The third kappa shape index (κ3) is 3.65. The maximum Gasteiger partial charge on any atom is 0.180 e. The van der Waals surface area contributed by atoms with E-state index in [2.05, 4.69) is 6.92 Å². The molecule has 0 rings (SSSR count). The minimum absolute atomic E-state index is 0.350. The Kier molecular flexibility index (Phi) is 4.32. The predicted molar refractivity (Wildman–Crippen MR) is 33.9 cm³/mol. The zero-order valence-corrected chi connectivity index (χ0v) is 5.24. The standard InChI is InChI=1S/C6H12NO/c1-3-5-6(7)8-4-2/h7H,1,3-5H2,2H3. The van der Waals surface area contributed by atoms with E-state index in [0.717, 1.165) is 6.42 Å². The molecule has 1 radical (unpaired) electrons. The zero-order chi connectivity index (χ0) is 6.41. The molecule has 0 aromatic heterocycles. The highest BCUT2D eigenvalue weighted by Gasteiger charge is 1.90. The van der Waals surface area contributed by atoms with Crippen LogP contribution in [-0.4, -0.2) is 12.5 Å². The van der Waals surface area contributed by atoms with Gasteiger partial charge in [-0.05, 0) is 13.3 Å². The summed E-state index contributed by atoms with van der Waals surface area (Å²) in [6.45, 7) is 6.06. The quantitative estimate of drug-likeness (QED) is 0.439. The van der Waals surface area contributed by atoms with Crippen molar-refractivity contribution in [1.29, 1.82) is 5.41 Å². The van der Waals surface area contributed by atoms with Crippen LogP contribution in [0.2, 0.25) is 0 Å². The summed E-state index contributed by atoms with van der Waals surface area (Å²) in [6, 6.07) is 0. The largest absolute Gasteiger partial charge is 0.481 e. The lowest BCUT2D eigenvalue weighted by atomic mass is 10.3. The van der Waals surface area contributed by atoms with Crippen LogP contribution in [0.1, 0.15) is 19.8 Å². The van der Waals surface area contributed by atoms with Gasteiger partial charge in [0.15, 0.2) is 5.90 Å². The van der Waals surface area contributed by atoms with Gasteiger partial charge < -0.3 is 4.74 Å². The van der Waals surface area contributed by atoms with Crippen LogP contribution in [0, 0.1) is 12.3 Å². The van der Waals surface area contributed by atoms with Crippen LogP contribution in [0.25, 0.3) is 0 Å². The van der Waals surface area contributed by atoms with Gasteiger partial charge >= 0.3 is 0 Å².